The minimum absolute atomic E-state index is 0.232. The fourth-order valence-electron chi connectivity index (χ4n) is 2.32. The molecule has 2 rings (SSSR count). The molecule has 0 heterocycles. The molecule has 0 unspecified atom stereocenters. The van der Waals surface area contributed by atoms with Gasteiger partial charge < -0.3 is 11.1 Å². The minimum Gasteiger partial charge on any atom is -0.397 e. The summed E-state index contributed by atoms with van der Waals surface area (Å²) in [5.41, 5.74) is 7.78. The fourth-order valence-corrected chi connectivity index (χ4v) is 2.32. The molecule has 88 valence electrons. The number of nitrogens with two attached hydrogens (primary N) is 1. The van der Waals surface area contributed by atoms with Crippen molar-refractivity contribution in [3.05, 3.63) is 23.5 Å². The van der Waals surface area contributed by atoms with Gasteiger partial charge in [-0.1, -0.05) is 12.8 Å². The van der Waals surface area contributed by atoms with Gasteiger partial charge in [-0.25, -0.2) is 4.39 Å². The van der Waals surface area contributed by atoms with Crippen molar-refractivity contribution >= 4 is 11.4 Å². The van der Waals surface area contributed by atoms with Crippen molar-refractivity contribution in [3.8, 4) is 0 Å². The summed E-state index contributed by atoms with van der Waals surface area (Å²) in [6, 6.07) is 3.19. The summed E-state index contributed by atoms with van der Waals surface area (Å²) in [7, 11) is 0. The van der Waals surface area contributed by atoms with E-state index in [9.17, 15) is 4.39 Å². The average Bonchev–Trinajstić information content (AvgIpc) is 2.74. The number of aryl methyl sites for hydroxylation is 1. The van der Waals surface area contributed by atoms with Gasteiger partial charge in [-0.3, -0.25) is 0 Å². The van der Waals surface area contributed by atoms with Crippen LogP contribution in [0.2, 0.25) is 0 Å². The Hall–Kier alpha value is -1.25. The smallest absolute Gasteiger partial charge is 0.128 e. The van der Waals surface area contributed by atoms with Crippen molar-refractivity contribution in [2.24, 2.45) is 5.92 Å². The van der Waals surface area contributed by atoms with E-state index in [0.717, 1.165) is 18.2 Å². The Kier molecular flexibility index (Phi) is 3.32. The van der Waals surface area contributed by atoms with Gasteiger partial charge in [-0.15, -0.1) is 0 Å². The van der Waals surface area contributed by atoms with Crippen LogP contribution >= 0.6 is 0 Å². The van der Waals surface area contributed by atoms with Gasteiger partial charge in [0.1, 0.15) is 5.82 Å². The van der Waals surface area contributed by atoms with Crippen LogP contribution in [0.5, 0.6) is 0 Å². The molecule has 1 aliphatic carbocycles. The van der Waals surface area contributed by atoms with Crippen LogP contribution in [-0.4, -0.2) is 6.54 Å². The number of nitrogens with one attached hydrogen (secondary N) is 1. The zero-order valence-electron chi connectivity index (χ0n) is 9.72. The molecule has 3 heteroatoms. The quantitative estimate of drug-likeness (QED) is 0.770. The van der Waals surface area contributed by atoms with E-state index in [4.69, 9.17) is 5.73 Å². The Morgan fingerprint density at radius 3 is 2.75 bits per heavy atom. The van der Waals surface area contributed by atoms with Crippen LogP contribution in [0.3, 0.4) is 0 Å². The highest BCUT2D eigenvalue weighted by Gasteiger charge is 2.15. The van der Waals surface area contributed by atoms with Gasteiger partial charge in [-0.05, 0) is 43.4 Å². The van der Waals surface area contributed by atoms with E-state index in [1.165, 1.54) is 31.7 Å². The average molecular weight is 222 g/mol. The van der Waals surface area contributed by atoms with Gasteiger partial charge in [0.15, 0.2) is 0 Å². The summed E-state index contributed by atoms with van der Waals surface area (Å²) >= 11 is 0. The lowest BCUT2D eigenvalue weighted by atomic mass is 10.1. The van der Waals surface area contributed by atoms with E-state index < -0.39 is 0 Å². The van der Waals surface area contributed by atoms with Crippen LogP contribution in [0.4, 0.5) is 15.8 Å². The normalized spacial score (nSPS) is 16.6. The first-order valence-electron chi connectivity index (χ1n) is 5.96. The summed E-state index contributed by atoms with van der Waals surface area (Å²) in [4.78, 5) is 0. The van der Waals surface area contributed by atoms with Crippen molar-refractivity contribution in [2.75, 3.05) is 17.6 Å². The Morgan fingerprint density at radius 2 is 2.06 bits per heavy atom. The van der Waals surface area contributed by atoms with E-state index in [2.05, 4.69) is 5.32 Å². The van der Waals surface area contributed by atoms with Gasteiger partial charge >= 0.3 is 0 Å². The van der Waals surface area contributed by atoms with Crippen LogP contribution in [-0.2, 0) is 0 Å². The number of benzene rings is 1. The van der Waals surface area contributed by atoms with Crippen LogP contribution in [0.1, 0.15) is 31.2 Å². The van der Waals surface area contributed by atoms with Crippen molar-refractivity contribution in [3.63, 3.8) is 0 Å². The van der Waals surface area contributed by atoms with Crippen LogP contribution in [0.15, 0.2) is 12.1 Å². The zero-order chi connectivity index (χ0) is 11.5. The molecular weight excluding hydrogens is 203 g/mol. The van der Waals surface area contributed by atoms with Crippen LogP contribution in [0.25, 0.3) is 0 Å². The maximum Gasteiger partial charge on any atom is 0.128 e. The molecule has 0 aromatic heterocycles. The third-order valence-corrected chi connectivity index (χ3v) is 3.39. The second kappa shape index (κ2) is 4.73. The molecule has 0 radical (unpaired) electrons. The predicted octanol–water partition coefficient (Wildman–Crippen LogP) is 3.32. The lowest BCUT2D eigenvalue weighted by Crippen LogP contribution is -2.12. The molecule has 0 bridgehead atoms. The Labute approximate surface area is 96.0 Å². The standard InChI is InChI=1S/C13H19FN2/c1-9-6-13(12(15)7-11(9)14)16-8-10-4-2-3-5-10/h6-7,10,16H,2-5,8,15H2,1H3. The molecule has 16 heavy (non-hydrogen) atoms. The molecule has 2 nitrogen and oxygen atoms in total. The van der Waals surface area contributed by atoms with Crippen LogP contribution in [0, 0.1) is 18.7 Å². The van der Waals surface area contributed by atoms with Gasteiger partial charge in [0, 0.05) is 6.54 Å². The van der Waals surface area contributed by atoms with E-state index in [-0.39, 0.29) is 5.82 Å². The van der Waals surface area contributed by atoms with Crippen molar-refractivity contribution < 1.29 is 4.39 Å². The first-order chi connectivity index (χ1) is 7.66. The molecule has 0 spiro atoms. The van der Waals surface area contributed by atoms with E-state index in [1.54, 1.807) is 13.0 Å². The van der Waals surface area contributed by atoms with Crippen LogP contribution < -0.4 is 11.1 Å². The third-order valence-electron chi connectivity index (χ3n) is 3.39. The predicted molar refractivity (Wildman–Crippen MR) is 66.0 cm³/mol. The van der Waals surface area contributed by atoms with Gasteiger partial charge in [0.2, 0.25) is 0 Å². The minimum atomic E-state index is -0.232. The molecule has 1 fully saturated rings. The Bertz CT molecular complexity index is 370. The molecule has 1 aromatic carbocycles. The Morgan fingerprint density at radius 1 is 1.38 bits per heavy atom. The number of hydrogen-bond donors (Lipinski definition) is 2. The Balaban J connectivity index is 2.00. The number of rotatable bonds is 3. The molecule has 0 saturated heterocycles. The molecule has 1 aliphatic rings. The highest BCUT2D eigenvalue weighted by Crippen LogP contribution is 2.27. The monoisotopic (exact) mass is 222 g/mol. The number of halogens is 1. The lowest BCUT2D eigenvalue weighted by Gasteiger charge is -2.14. The number of nitrogen functional groups attached to an aromatic ring is 1. The summed E-state index contributed by atoms with van der Waals surface area (Å²) in [6.07, 6.45) is 5.27. The maximum atomic E-state index is 13.2. The molecular formula is C13H19FN2. The summed E-state index contributed by atoms with van der Waals surface area (Å²) in [5.74, 6) is 0.522. The SMILES string of the molecule is Cc1cc(NCC2CCCC2)c(N)cc1F. The largest absolute Gasteiger partial charge is 0.397 e. The van der Waals surface area contributed by atoms with E-state index in [0.29, 0.717) is 11.3 Å². The topological polar surface area (TPSA) is 38.0 Å². The molecule has 0 atom stereocenters. The summed E-state index contributed by atoms with van der Waals surface area (Å²) in [6.45, 7) is 2.71. The first-order valence-corrected chi connectivity index (χ1v) is 5.96. The summed E-state index contributed by atoms with van der Waals surface area (Å²) < 4.78 is 13.2. The highest BCUT2D eigenvalue weighted by atomic mass is 19.1. The highest BCUT2D eigenvalue weighted by molar-refractivity contribution is 5.67. The molecule has 3 N–H and O–H groups in total. The van der Waals surface area contributed by atoms with E-state index in [1.807, 2.05) is 0 Å². The van der Waals surface area contributed by atoms with Gasteiger partial charge in [0.25, 0.3) is 0 Å². The van der Waals surface area contributed by atoms with Gasteiger partial charge in [-0.2, -0.15) is 0 Å². The molecule has 1 saturated carbocycles. The molecule has 1 aromatic rings. The third kappa shape index (κ3) is 2.46. The van der Waals surface area contributed by atoms with Crippen molar-refractivity contribution in [2.45, 2.75) is 32.6 Å². The molecule has 0 amide bonds. The fraction of sp³-hybridized carbons (Fsp3) is 0.538. The number of hydrogen-bond acceptors (Lipinski definition) is 2. The number of anilines is 2. The van der Waals surface area contributed by atoms with Gasteiger partial charge in [0.05, 0.1) is 11.4 Å². The van der Waals surface area contributed by atoms with Crippen molar-refractivity contribution in [1.82, 2.24) is 0 Å². The lowest BCUT2D eigenvalue weighted by molar-refractivity contribution is 0.579. The maximum absolute atomic E-state index is 13.2. The second-order valence-corrected chi connectivity index (χ2v) is 4.72. The van der Waals surface area contributed by atoms with E-state index >= 15 is 0 Å². The molecule has 0 aliphatic heterocycles. The van der Waals surface area contributed by atoms with Crippen molar-refractivity contribution in [1.29, 1.82) is 0 Å². The second-order valence-electron chi connectivity index (χ2n) is 4.72. The zero-order valence-corrected chi connectivity index (χ0v) is 9.72. The first kappa shape index (κ1) is 11.2. The summed E-state index contributed by atoms with van der Waals surface area (Å²) in [5, 5.41) is 3.33.